The Balaban J connectivity index is 0.974. The van der Waals surface area contributed by atoms with E-state index in [-0.39, 0.29) is 0 Å². The van der Waals surface area contributed by atoms with Crippen LogP contribution in [0.3, 0.4) is 0 Å². The van der Waals surface area contributed by atoms with Gasteiger partial charge in [-0.3, -0.25) is 4.98 Å². The van der Waals surface area contributed by atoms with Crippen LogP contribution in [0, 0.1) is 11.3 Å². The molecule has 1 aliphatic rings. The number of nitrogens with zero attached hydrogens (tertiary/aromatic N) is 2. The Bertz CT molecular complexity index is 3040. The number of aromatic nitrogens is 1. The predicted molar refractivity (Wildman–Crippen MR) is 209 cm³/mol. The summed E-state index contributed by atoms with van der Waals surface area (Å²) in [4.78, 5) is 4.66. The molecule has 0 bridgehead atoms. The number of rotatable bonds is 3. The van der Waals surface area contributed by atoms with E-state index in [1.165, 1.54) is 49.0 Å². The van der Waals surface area contributed by atoms with E-state index in [2.05, 4.69) is 132 Å². The van der Waals surface area contributed by atoms with Crippen molar-refractivity contribution in [1.82, 2.24) is 4.98 Å². The Labute approximate surface area is 293 Å². The number of para-hydroxylation sites is 1. The van der Waals surface area contributed by atoms with Crippen molar-refractivity contribution in [3.8, 4) is 62.1 Å². The van der Waals surface area contributed by atoms with Crippen LogP contribution >= 0.6 is 0 Å². The highest BCUT2D eigenvalue weighted by Crippen LogP contribution is 2.49. The highest BCUT2D eigenvalue weighted by Gasteiger charge is 2.22. The second-order valence-electron chi connectivity index (χ2n) is 13.4. The number of benzene rings is 9. The second kappa shape index (κ2) is 10.5. The van der Waals surface area contributed by atoms with Crippen LogP contribution in [-0.4, -0.2) is 4.98 Å². The molecule has 9 aromatic carbocycles. The zero-order valence-corrected chi connectivity index (χ0v) is 27.3. The quantitative estimate of drug-likeness (QED) is 0.179. The van der Waals surface area contributed by atoms with Gasteiger partial charge in [-0.1, -0.05) is 97.1 Å². The summed E-state index contributed by atoms with van der Waals surface area (Å²) in [6.07, 6.45) is 1.86. The molecule has 0 unspecified atom stereocenters. The third-order valence-corrected chi connectivity index (χ3v) is 10.6. The van der Waals surface area contributed by atoms with Crippen LogP contribution in [-0.2, 0) is 0 Å². The summed E-state index contributed by atoms with van der Waals surface area (Å²) in [7, 11) is 0. The molecule has 0 N–H and O–H groups in total. The first kappa shape index (κ1) is 27.9. The zero-order valence-electron chi connectivity index (χ0n) is 27.3. The summed E-state index contributed by atoms with van der Waals surface area (Å²) in [5.41, 5.74) is 10.8. The molecule has 2 heterocycles. The van der Waals surface area contributed by atoms with Crippen molar-refractivity contribution in [2.45, 2.75) is 0 Å². The molecule has 10 aromatic rings. The first-order chi connectivity index (χ1) is 25.2. The summed E-state index contributed by atoms with van der Waals surface area (Å²) in [5, 5.41) is 20.3. The third-order valence-electron chi connectivity index (χ3n) is 10.6. The maximum absolute atomic E-state index is 9.67. The topological polar surface area (TPSA) is 45.9 Å². The molecule has 1 aliphatic heterocycles. The van der Waals surface area contributed by atoms with Crippen LogP contribution in [0.25, 0.3) is 98.5 Å². The predicted octanol–water partition coefficient (Wildman–Crippen LogP) is 12.9. The molecule has 234 valence electrons. The van der Waals surface area contributed by atoms with Gasteiger partial charge in [0.1, 0.15) is 11.5 Å². The molecule has 51 heavy (non-hydrogen) atoms. The van der Waals surface area contributed by atoms with Crippen LogP contribution in [0.2, 0.25) is 0 Å². The smallest absolute Gasteiger partial charge is 0.136 e. The van der Waals surface area contributed by atoms with Crippen LogP contribution < -0.4 is 4.74 Å². The van der Waals surface area contributed by atoms with E-state index >= 15 is 0 Å². The van der Waals surface area contributed by atoms with E-state index in [1.807, 2.05) is 36.5 Å². The van der Waals surface area contributed by atoms with Crippen molar-refractivity contribution in [2.24, 2.45) is 0 Å². The Morgan fingerprint density at radius 2 is 1.06 bits per heavy atom. The molecule has 0 saturated heterocycles. The number of ether oxygens (including phenoxy) is 1. The van der Waals surface area contributed by atoms with E-state index in [4.69, 9.17) is 4.74 Å². The molecule has 0 saturated carbocycles. The summed E-state index contributed by atoms with van der Waals surface area (Å²) in [5.74, 6) is 1.62. The van der Waals surface area contributed by atoms with Crippen LogP contribution in [0.5, 0.6) is 11.5 Å². The van der Waals surface area contributed by atoms with Crippen LogP contribution in [0.4, 0.5) is 0 Å². The SMILES string of the molecule is N#Cc1ccc2c3c(cccc13)-c1ccc(-c3cc4ccc5cc(-c6ccc(-c7cccc8cccnc78)cc6)cc6ccc(c3)c4c56)cc1O2. The molecule has 0 atom stereocenters. The summed E-state index contributed by atoms with van der Waals surface area (Å²) in [6, 6.07) is 56.3. The fourth-order valence-electron chi connectivity index (χ4n) is 8.26. The van der Waals surface area contributed by atoms with Crippen molar-refractivity contribution in [3.63, 3.8) is 0 Å². The third kappa shape index (κ3) is 4.14. The molecule has 0 fully saturated rings. The number of nitriles is 1. The number of hydrogen-bond acceptors (Lipinski definition) is 3. The van der Waals surface area contributed by atoms with Gasteiger partial charge in [-0.25, -0.2) is 0 Å². The van der Waals surface area contributed by atoms with Crippen LogP contribution in [0.1, 0.15) is 5.56 Å². The molecule has 0 radical (unpaired) electrons. The number of pyridine rings is 1. The van der Waals surface area contributed by atoms with Gasteiger partial charge in [-0.2, -0.15) is 5.26 Å². The van der Waals surface area contributed by atoms with Crippen LogP contribution in [0.15, 0.2) is 158 Å². The van der Waals surface area contributed by atoms with Crippen molar-refractivity contribution >= 4 is 54.0 Å². The largest absolute Gasteiger partial charge is 0.456 e. The average Bonchev–Trinajstić information content (AvgIpc) is 3.19. The van der Waals surface area contributed by atoms with Gasteiger partial charge >= 0.3 is 0 Å². The minimum Gasteiger partial charge on any atom is -0.456 e. The van der Waals surface area contributed by atoms with E-state index in [0.717, 1.165) is 61.0 Å². The van der Waals surface area contributed by atoms with Gasteiger partial charge in [0.15, 0.2) is 0 Å². The zero-order chi connectivity index (χ0) is 33.6. The molecular formula is C48H26N2O. The first-order valence-corrected chi connectivity index (χ1v) is 17.2. The Kier molecular flexibility index (Phi) is 5.73. The van der Waals surface area contributed by atoms with Gasteiger partial charge in [-0.15, -0.1) is 0 Å². The maximum Gasteiger partial charge on any atom is 0.136 e. The number of fused-ring (bicyclic) bond motifs is 3. The van der Waals surface area contributed by atoms with Gasteiger partial charge in [0.2, 0.25) is 0 Å². The second-order valence-corrected chi connectivity index (χ2v) is 13.4. The molecule has 0 spiro atoms. The summed E-state index contributed by atoms with van der Waals surface area (Å²) in [6.45, 7) is 0. The lowest BCUT2D eigenvalue weighted by Gasteiger charge is -2.22. The highest BCUT2D eigenvalue weighted by molar-refractivity contribution is 6.24. The minimum absolute atomic E-state index is 0.661. The Hall–Kier alpha value is -7.02. The van der Waals surface area contributed by atoms with Gasteiger partial charge in [0, 0.05) is 33.5 Å². The molecule has 0 aliphatic carbocycles. The van der Waals surface area contributed by atoms with E-state index in [9.17, 15) is 5.26 Å². The lowest BCUT2D eigenvalue weighted by atomic mass is 9.88. The molecular weight excluding hydrogens is 621 g/mol. The minimum atomic E-state index is 0.661. The summed E-state index contributed by atoms with van der Waals surface area (Å²) >= 11 is 0. The maximum atomic E-state index is 9.67. The Morgan fingerprint density at radius 3 is 1.78 bits per heavy atom. The van der Waals surface area contributed by atoms with Crippen molar-refractivity contribution < 1.29 is 4.74 Å². The van der Waals surface area contributed by atoms with E-state index in [0.29, 0.717) is 5.56 Å². The van der Waals surface area contributed by atoms with Gasteiger partial charge in [0.05, 0.1) is 17.1 Å². The normalized spacial score (nSPS) is 12.1. The van der Waals surface area contributed by atoms with Crippen molar-refractivity contribution in [2.75, 3.05) is 0 Å². The van der Waals surface area contributed by atoms with Gasteiger partial charge in [-0.05, 0) is 120 Å². The Morgan fingerprint density at radius 1 is 0.431 bits per heavy atom. The van der Waals surface area contributed by atoms with E-state index in [1.54, 1.807) is 0 Å². The summed E-state index contributed by atoms with van der Waals surface area (Å²) < 4.78 is 6.49. The monoisotopic (exact) mass is 646 g/mol. The lowest BCUT2D eigenvalue weighted by Crippen LogP contribution is -1.98. The van der Waals surface area contributed by atoms with Gasteiger partial charge < -0.3 is 4.74 Å². The van der Waals surface area contributed by atoms with Crippen molar-refractivity contribution in [3.05, 3.63) is 163 Å². The standard InChI is InChI=1S/C48H26N2O/c49-27-36-18-20-43-47-39(36)6-2-8-42(47)41-19-17-31(26-44(41)51-43)38-24-34-15-13-32-22-37(23-33-14-16-35(25-38)46(34)45(32)33)28-9-11-29(12-10-28)40-7-1-4-30-5-3-21-50-48(30)40/h1-26H. The fourth-order valence-corrected chi connectivity index (χ4v) is 8.26. The van der Waals surface area contributed by atoms with Crippen molar-refractivity contribution in [1.29, 1.82) is 5.26 Å². The lowest BCUT2D eigenvalue weighted by molar-refractivity contribution is 0.487. The molecule has 11 rings (SSSR count). The highest BCUT2D eigenvalue weighted by atomic mass is 16.5. The first-order valence-electron chi connectivity index (χ1n) is 17.2. The molecule has 3 heteroatoms. The molecule has 0 amide bonds. The molecule has 1 aromatic heterocycles. The number of hydrogen-bond donors (Lipinski definition) is 0. The average molecular weight is 647 g/mol. The van der Waals surface area contributed by atoms with Gasteiger partial charge in [0.25, 0.3) is 0 Å². The van der Waals surface area contributed by atoms with E-state index < -0.39 is 0 Å². The molecule has 3 nitrogen and oxygen atoms in total. The fraction of sp³-hybridized carbons (Fsp3) is 0.